The lowest BCUT2D eigenvalue weighted by atomic mass is 9.55. The predicted octanol–water partition coefficient (Wildman–Crippen LogP) is 1.58. The topological polar surface area (TPSA) is 113 Å². The standard InChI is InChI=1S/C19H20BNO7/c1-9-7-12-15(18(24)21(17(12)23)19(25)27-2)11-8-14(28-20(26)16(9)11)10-5-3-4-6-13(10)22/h3-6,11-12,14-15,22,26H,7-8H2,1-2H3/t11-,12-,14-,15+/m0/s1. The second-order valence-corrected chi connectivity index (χ2v) is 7.43. The summed E-state index contributed by atoms with van der Waals surface area (Å²) in [6.07, 6.45) is -1.06. The van der Waals surface area contributed by atoms with Crippen molar-refractivity contribution in [3.8, 4) is 5.75 Å². The fraction of sp³-hybridized carbons (Fsp3) is 0.421. The summed E-state index contributed by atoms with van der Waals surface area (Å²) in [5.41, 5.74) is 1.87. The van der Waals surface area contributed by atoms with Crippen LogP contribution < -0.4 is 0 Å². The molecule has 0 radical (unpaired) electrons. The van der Waals surface area contributed by atoms with Gasteiger partial charge in [0.15, 0.2) is 0 Å². The Morgan fingerprint density at radius 2 is 1.96 bits per heavy atom. The SMILES string of the molecule is COC(=O)N1C(=O)[C@H]2[C@H](CC(C)=C3B(O)O[C@H](c4ccccc4O)C[C@H]32)C1=O. The van der Waals surface area contributed by atoms with Gasteiger partial charge in [-0.3, -0.25) is 9.59 Å². The maximum atomic E-state index is 12.9. The smallest absolute Gasteiger partial charge is 0.487 e. The van der Waals surface area contributed by atoms with E-state index in [2.05, 4.69) is 4.74 Å². The monoisotopic (exact) mass is 385 g/mol. The molecule has 0 aromatic heterocycles. The quantitative estimate of drug-likeness (QED) is 0.557. The lowest BCUT2D eigenvalue weighted by Crippen LogP contribution is -2.44. The van der Waals surface area contributed by atoms with Gasteiger partial charge in [0.05, 0.1) is 25.0 Å². The number of hydrogen-bond acceptors (Lipinski definition) is 7. The Balaban J connectivity index is 1.73. The van der Waals surface area contributed by atoms with Gasteiger partial charge in [0.2, 0.25) is 11.8 Å². The van der Waals surface area contributed by atoms with Crippen LogP contribution in [0.4, 0.5) is 4.79 Å². The van der Waals surface area contributed by atoms with Gasteiger partial charge >= 0.3 is 13.2 Å². The van der Waals surface area contributed by atoms with Crippen molar-refractivity contribution in [1.29, 1.82) is 0 Å². The number of methoxy groups -OCH3 is 1. The van der Waals surface area contributed by atoms with Crippen LogP contribution in [0.1, 0.15) is 31.4 Å². The number of allylic oxidation sites excluding steroid dienone is 2. The van der Waals surface area contributed by atoms with Crippen molar-refractivity contribution < 1.29 is 33.9 Å². The van der Waals surface area contributed by atoms with Gasteiger partial charge < -0.3 is 19.5 Å². The minimum Gasteiger partial charge on any atom is -0.508 e. The van der Waals surface area contributed by atoms with Gasteiger partial charge in [-0.25, -0.2) is 4.79 Å². The van der Waals surface area contributed by atoms with Crippen molar-refractivity contribution in [1.82, 2.24) is 4.90 Å². The highest BCUT2D eigenvalue weighted by Crippen LogP contribution is 2.51. The zero-order chi connectivity index (χ0) is 20.2. The van der Waals surface area contributed by atoms with Crippen LogP contribution in [-0.4, -0.2) is 47.2 Å². The van der Waals surface area contributed by atoms with E-state index in [-0.39, 0.29) is 12.2 Å². The molecule has 4 atom stereocenters. The van der Waals surface area contributed by atoms with E-state index in [0.29, 0.717) is 22.4 Å². The summed E-state index contributed by atoms with van der Waals surface area (Å²) in [6, 6.07) is 6.64. The van der Waals surface area contributed by atoms with Gasteiger partial charge in [0, 0.05) is 5.56 Å². The Labute approximate surface area is 161 Å². The van der Waals surface area contributed by atoms with Crippen molar-refractivity contribution in [3.05, 3.63) is 40.9 Å². The Morgan fingerprint density at radius 1 is 1.25 bits per heavy atom. The first-order valence-electron chi connectivity index (χ1n) is 9.11. The van der Waals surface area contributed by atoms with E-state index in [1.165, 1.54) is 6.07 Å². The zero-order valence-corrected chi connectivity index (χ0v) is 15.5. The maximum absolute atomic E-state index is 12.9. The van der Waals surface area contributed by atoms with Crippen LogP contribution in [0.5, 0.6) is 5.75 Å². The Kier molecular flexibility index (Phi) is 4.51. The lowest BCUT2D eigenvalue weighted by Gasteiger charge is -2.41. The van der Waals surface area contributed by atoms with Gasteiger partial charge in [0.1, 0.15) is 5.75 Å². The molecule has 1 aromatic carbocycles. The molecule has 2 fully saturated rings. The average molecular weight is 385 g/mol. The number of likely N-dealkylation sites (tertiary alicyclic amines) is 1. The minimum absolute atomic E-state index is 0.0289. The highest BCUT2D eigenvalue weighted by Gasteiger charge is 2.59. The number of amides is 3. The molecular formula is C19H20BNO7. The number of para-hydroxylation sites is 1. The molecule has 0 unspecified atom stereocenters. The van der Waals surface area contributed by atoms with Crippen molar-refractivity contribution in [2.45, 2.75) is 25.9 Å². The molecule has 3 amide bonds. The van der Waals surface area contributed by atoms with Crippen LogP contribution in [0.15, 0.2) is 35.3 Å². The van der Waals surface area contributed by atoms with Gasteiger partial charge in [-0.15, -0.1) is 0 Å². The second kappa shape index (κ2) is 6.75. The maximum Gasteiger partial charge on any atom is 0.487 e. The summed E-state index contributed by atoms with van der Waals surface area (Å²) in [6.45, 7) is 1.80. The summed E-state index contributed by atoms with van der Waals surface area (Å²) in [7, 11) is -0.133. The molecule has 2 N–H and O–H groups in total. The Bertz CT molecular complexity index is 898. The van der Waals surface area contributed by atoms with Crippen LogP contribution in [0, 0.1) is 17.8 Å². The highest BCUT2D eigenvalue weighted by molar-refractivity contribution is 6.53. The Morgan fingerprint density at radius 3 is 2.64 bits per heavy atom. The van der Waals surface area contributed by atoms with Crippen LogP contribution in [0.25, 0.3) is 0 Å². The summed E-state index contributed by atoms with van der Waals surface area (Å²) in [4.78, 5) is 38.2. The van der Waals surface area contributed by atoms with Crippen LogP contribution in [0.3, 0.4) is 0 Å². The van der Waals surface area contributed by atoms with E-state index in [9.17, 15) is 24.5 Å². The van der Waals surface area contributed by atoms with E-state index in [1.54, 1.807) is 25.1 Å². The van der Waals surface area contributed by atoms with Gasteiger partial charge in [-0.1, -0.05) is 23.8 Å². The number of phenolic OH excluding ortho intramolecular Hbond substituents is 1. The molecule has 2 saturated heterocycles. The largest absolute Gasteiger partial charge is 0.508 e. The number of ether oxygens (including phenoxy) is 1. The molecule has 2 heterocycles. The third-order valence-electron chi connectivity index (χ3n) is 6.00. The molecular weight excluding hydrogens is 365 g/mol. The number of fused-ring (bicyclic) bond motifs is 3. The van der Waals surface area contributed by atoms with Crippen LogP contribution in [0.2, 0.25) is 0 Å². The van der Waals surface area contributed by atoms with E-state index >= 15 is 0 Å². The van der Waals surface area contributed by atoms with E-state index in [4.69, 9.17) is 4.65 Å². The van der Waals surface area contributed by atoms with E-state index < -0.39 is 48.9 Å². The highest BCUT2D eigenvalue weighted by atomic mass is 16.5. The predicted molar refractivity (Wildman–Crippen MR) is 96.6 cm³/mol. The van der Waals surface area contributed by atoms with Crippen molar-refractivity contribution in [2.75, 3.05) is 7.11 Å². The summed E-state index contributed by atoms with van der Waals surface area (Å²) in [5.74, 6) is -3.06. The van der Waals surface area contributed by atoms with Gasteiger partial charge in [-0.2, -0.15) is 4.90 Å². The molecule has 28 heavy (non-hydrogen) atoms. The number of benzene rings is 1. The fourth-order valence-electron chi connectivity index (χ4n) is 4.79. The average Bonchev–Trinajstić information content (AvgIpc) is 2.91. The van der Waals surface area contributed by atoms with Crippen LogP contribution in [-0.2, 0) is 19.0 Å². The molecule has 0 bridgehead atoms. The van der Waals surface area contributed by atoms with Crippen molar-refractivity contribution >= 4 is 25.0 Å². The molecule has 9 heteroatoms. The third-order valence-corrected chi connectivity index (χ3v) is 6.00. The number of rotatable bonds is 1. The van der Waals surface area contributed by atoms with E-state index in [1.807, 2.05) is 0 Å². The second-order valence-electron chi connectivity index (χ2n) is 7.43. The van der Waals surface area contributed by atoms with E-state index in [0.717, 1.165) is 12.7 Å². The third kappa shape index (κ3) is 2.65. The zero-order valence-electron chi connectivity index (χ0n) is 15.5. The molecule has 3 aliphatic rings. The molecule has 8 nitrogen and oxygen atoms in total. The number of imide groups is 3. The number of hydrogen-bond donors (Lipinski definition) is 2. The summed E-state index contributed by atoms with van der Waals surface area (Å²) < 4.78 is 10.3. The Hall–Kier alpha value is -2.65. The molecule has 2 aliphatic heterocycles. The fourth-order valence-corrected chi connectivity index (χ4v) is 4.79. The summed E-state index contributed by atoms with van der Waals surface area (Å²) >= 11 is 0. The number of carbonyl (C=O) groups excluding carboxylic acids is 3. The number of nitrogens with zero attached hydrogens (tertiary/aromatic N) is 1. The normalized spacial score (nSPS) is 29.7. The van der Waals surface area contributed by atoms with Crippen molar-refractivity contribution in [2.24, 2.45) is 17.8 Å². The first kappa shape index (κ1) is 18.7. The number of carbonyl (C=O) groups is 3. The summed E-state index contributed by atoms with van der Waals surface area (Å²) in [5, 5.41) is 20.8. The molecule has 1 aromatic rings. The molecule has 0 spiro atoms. The first-order chi connectivity index (χ1) is 13.3. The minimum atomic E-state index is -1.25. The number of aromatic hydroxyl groups is 1. The number of phenols is 1. The van der Waals surface area contributed by atoms with Gasteiger partial charge in [-0.05, 0) is 37.2 Å². The lowest BCUT2D eigenvalue weighted by molar-refractivity contribution is -0.137. The molecule has 4 rings (SSSR count). The van der Waals surface area contributed by atoms with Crippen molar-refractivity contribution in [3.63, 3.8) is 0 Å². The molecule has 146 valence electrons. The van der Waals surface area contributed by atoms with Crippen LogP contribution >= 0.6 is 0 Å². The first-order valence-corrected chi connectivity index (χ1v) is 9.11. The molecule has 1 aliphatic carbocycles. The van der Waals surface area contributed by atoms with Gasteiger partial charge in [0.25, 0.3) is 0 Å². The molecule has 0 saturated carbocycles.